The van der Waals surface area contributed by atoms with Crippen LogP contribution in [0.3, 0.4) is 0 Å². The van der Waals surface area contributed by atoms with Gasteiger partial charge >= 0.3 is 0 Å². The lowest BCUT2D eigenvalue weighted by Crippen LogP contribution is -2.45. The van der Waals surface area contributed by atoms with Gasteiger partial charge in [-0.25, -0.2) is 13.1 Å². The van der Waals surface area contributed by atoms with E-state index in [9.17, 15) is 8.42 Å². The summed E-state index contributed by atoms with van der Waals surface area (Å²) in [6, 6.07) is 3.08. The largest absolute Gasteiger partial charge is 0.250 e. The van der Waals surface area contributed by atoms with Crippen LogP contribution in [-0.4, -0.2) is 19.8 Å². The Morgan fingerprint density at radius 3 is 2.53 bits per heavy atom. The van der Waals surface area contributed by atoms with Gasteiger partial charge in [-0.1, -0.05) is 18.5 Å². The third-order valence-electron chi connectivity index (χ3n) is 2.62. The van der Waals surface area contributed by atoms with Crippen LogP contribution in [0.2, 0.25) is 4.34 Å². The van der Waals surface area contributed by atoms with Crippen LogP contribution in [0.25, 0.3) is 0 Å². The van der Waals surface area contributed by atoms with E-state index in [4.69, 9.17) is 23.2 Å². The second kappa shape index (κ2) is 5.89. The lowest BCUT2D eigenvalue weighted by Gasteiger charge is -2.28. The van der Waals surface area contributed by atoms with Crippen LogP contribution in [0.4, 0.5) is 0 Å². The van der Waals surface area contributed by atoms with Crippen LogP contribution in [0.5, 0.6) is 0 Å². The molecule has 0 aliphatic heterocycles. The molecule has 1 heterocycles. The van der Waals surface area contributed by atoms with Gasteiger partial charge in [0, 0.05) is 11.4 Å². The smallest absolute Gasteiger partial charge is 0.206 e. The van der Waals surface area contributed by atoms with Crippen LogP contribution in [0, 0.1) is 0 Å². The zero-order valence-corrected chi connectivity index (χ0v) is 12.8. The van der Waals surface area contributed by atoms with Crippen LogP contribution in [-0.2, 0) is 10.0 Å². The Kier molecular flexibility index (Phi) is 5.28. The summed E-state index contributed by atoms with van der Waals surface area (Å²) in [5, 5.41) is 0. The van der Waals surface area contributed by atoms with Crippen LogP contribution in [0.15, 0.2) is 16.3 Å². The number of sulfonamides is 1. The number of hydrogen-bond donors (Lipinski definition) is 1. The van der Waals surface area contributed by atoms with Gasteiger partial charge in [0.1, 0.15) is 4.21 Å². The average molecular weight is 316 g/mol. The van der Waals surface area contributed by atoms with Crippen LogP contribution < -0.4 is 4.72 Å². The minimum Gasteiger partial charge on any atom is -0.206 e. The highest BCUT2D eigenvalue weighted by molar-refractivity contribution is 7.91. The molecule has 0 saturated heterocycles. The first-order chi connectivity index (χ1) is 7.83. The molecule has 0 fully saturated rings. The molecule has 0 amide bonds. The summed E-state index contributed by atoms with van der Waals surface area (Å²) in [5.74, 6) is 0.415. The van der Waals surface area contributed by atoms with Crippen molar-refractivity contribution in [1.82, 2.24) is 4.72 Å². The molecule has 17 heavy (non-hydrogen) atoms. The summed E-state index contributed by atoms with van der Waals surface area (Å²) in [5.41, 5.74) is -0.517. The first-order valence-electron chi connectivity index (χ1n) is 5.18. The predicted molar refractivity (Wildman–Crippen MR) is 73.7 cm³/mol. The van der Waals surface area contributed by atoms with Crippen LogP contribution in [0.1, 0.15) is 26.7 Å². The first-order valence-corrected chi connectivity index (χ1v) is 8.39. The molecule has 0 radical (unpaired) electrons. The van der Waals surface area contributed by atoms with E-state index >= 15 is 0 Å². The number of nitrogens with one attached hydrogen (secondary N) is 1. The van der Waals surface area contributed by atoms with E-state index in [0.717, 1.165) is 11.3 Å². The average Bonchev–Trinajstić information content (AvgIpc) is 2.65. The summed E-state index contributed by atoms with van der Waals surface area (Å²) in [6.07, 6.45) is 1.27. The Bertz CT molecular complexity index is 472. The fraction of sp³-hybridized carbons (Fsp3) is 0.600. The molecule has 0 bridgehead atoms. The molecular formula is C10H15Cl2NO2S2. The second-order valence-corrected chi connectivity index (χ2v) is 8.02. The quantitative estimate of drug-likeness (QED) is 0.817. The Morgan fingerprint density at radius 1 is 1.47 bits per heavy atom. The molecule has 1 atom stereocenters. The van der Waals surface area contributed by atoms with Crippen molar-refractivity contribution in [2.24, 2.45) is 0 Å². The molecule has 0 aliphatic rings. The van der Waals surface area contributed by atoms with Crippen molar-refractivity contribution in [1.29, 1.82) is 0 Å². The van der Waals surface area contributed by atoms with E-state index in [1.165, 1.54) is 6.07 Å². The number of rotatable bonds is 6. The third-order valence-corrected chi connectivity index (χ3v) is 6.17. The van der Waals surface area contributed by atoms with Gasteiger partial charge in [0.05, 0.1) is 4.34 Å². The van der Waals surface area contributed by atoms with Crippen molar-refractivity contribution in [3.05, 3.63) is 16.5 Å². The summed E-state index contributed by atoms with van der Waals surface area (Å²) in [6.45, 7) is 3.78. The molecule has 0 saturated carbocycles. The van der Waals surface area contributed by atoms with Crippen LogP contribution >= 0.6 is 34.5 Å². The number of thiophene rings is 1. The highest BCUT2D eigenvalue weighted by Crippen LogP contribution is 2.27. The standard InChI is InChI=1S/C10H15Cl2NO2S2/c1-3-10(2,6-7-11)13-17(14,15)9-5-4-8(12)16-9/h4-5,13H,3,6-7H2,1-2H3. The van der Waals surface area contributed by atoms with Gasteiger partial charge in [-0.3, -0.25) is 0 Å². The molecule has 0 spiro atoms. The van der Waals surface area contributed by atoms with Crippen molar-refractivity contribution < 1.29 is 8.42 Å². The topological polar surface area (TPSA) is 46.2 Å². The minimum absolute atomic E-state index is 0.233. The molecule has 1 rings (SSSR count). The van der Waals surface area contributed by atoms with Gasteiger partial charge in [-0.15, -0.1) is 22.9 Å². The summed E-state index contributed by atoms with van der Waals surface area (Å²) in [4.78, 5) is 0. The van der Waals surface area contributed by atoms with Gasteiger partial charge in [0.2, 0.25) is 0 Å². The molecule has 98 valence electrons. The Hall–Kier alpha value is 0.190. The van der Waals surface area contributed by atoms with Gasteiger partial charge in [-0.2, -0.15) is 0 Å². The van der Waals surface area contributed by atoms with E-state index in [1.54, 1.807) is 6.07 Å². The van der Waals surface area contributed by atoms with E-state index in [2.05, 4.69) is 4.72 Å². The molecular weight excluding hydrogens is 301 g/mol. The molecule has 3 nitrogen and oxygen atoms in total. The molecule has 1 aromatic heterocycles. The van der Waals surface area contributed by atoms with Crippen molar-refractivity contribution in [3.63, 3.8) is 0 Å². The third kappa shape index (κ3) is 4.10. The van der Waals surface area contributed by atoms with Crippen molar-refractivity contribution >= 4 is 44.6 Å². The van der Waals surface area contributed by atoms with Gasteiger partial charge in [-0.05, 0) is 31.9 Å². The summed E-state index contributed by atoms with van der Waals surface area (Å²) >= 11 is 12.5. The fourth-order valence-corrected chi connectivity index (χ4v) is 4.73. The zero-order valence-electron chi connectivity index (χ0n) is 9.66. The number of halogens is 2. The maximum atomic E-state index is 12.1. The highest BCUT2D eigenvalue weighted by atomic mass is 35.5. The van der Waals surface area contributed by atoms with Crippen molar-refractivity contribution in [2.45, 2.75) is 36.4 Å². The highest BCUT2D eigenvalue weighted by Gasteiger charge is 2.29. The van der Waals surface area contributed by atoms with Gasteiger partial charge < -0.3 is 0 Å². The molecule has 1 unspecified atom stereocenters. The minimum atomic E-state index is -3.51. The van der Waals surface area contributed by atoms with E-state index in [-0.39, 0.29) is 4.21 Å². The maximum Gasteiger partial charge on any atom is 0.250 e. The number of alkyl halides is 1. The SMILES string of the molecule is CCC(C)(CCCl)NS(=O)(=O)c1ccc(Cl)s1. The molecule has 7 heteroatoms. The molecule has 0 aromatic carbocycles. The number of hydrogen-bond acceptors (Lipinski definition) is 3. The normalized spacial score (nSPS) is 15.8. The van der Waals surface area contributed by atoms with Gasteiger partial charge in [0.15, 0.2) is 0 Å². The Labute approximate surface area is 116 Å². The summed E-state index contributed by atoms with van der Waals surface area (Å²) in [7, 11) is -3.51. The second-order valence-electron chi connectivity index (χ2n) is 4.02. The van der Waals surface area contributed by atoms with E-state index in [0.29, 0.717) is 23.1 Å². The van der Waals surface area contributed by atoms with E-state index in [1.807, 2.05) is 13.8 Å². The lowest BCUT2D eigenvalue weighted by atomic mass is 9.97. The van der Waals surface area contributed by atoms with E-state index < -0.39 is 15.6 Å². The molecule has 1 N–H and O–H groups in total. The Morgan fingerprint density at radius 2 is 2.12 bits per heavy atom. The fourth-order valence-electron chi connectivity index (χ4n) is 1.33. The summed E-state index contributed by atoms with van der Waals surface area (Å²) < 4.78 is 27.6. The van der Waals surface area contributed by atoms with Crippen molar-refractivity contribution in [3.8, 4) is 0 Å². The first kappa shape index (κ1) is 15.2. The Balaban J connectivity index is 2.93. The maximum absolute atomic E-state index is 12.1. The lowest BCUT2D eigenvalue weighted by molar-refractivity contribution is 0.391. The molecule has 0 aliphatic carbocycles. The predicted octanol–water partition coefficient (Wildman–Crippen LogP) is 3.48. The zero-order chi connectivity index (χ0) is 13.1. The molecule has 1 aromatic rings. The van der Waals surface area contributed by atoms with Gasteiger partial charge in [0.25, 0.3) is 10.0 Å². The van der Waals surface area contributed by atoms with Crippen molar-refractivity contribution in [2.75, 3.05) is 5.88 Å². The monoisotopic (exact) mass is 315 g/mol.